The highest BCUT2D eigenvalue weighted by Crippen LogP contribution is 2.16. The third-order valence-electron chi connectivity index (χ3n) is 2.74. The van der Waals surface area contributed by atoms with Gasteiger partial charge in [0.15, 0.2) is 0 Å². The average molecular weight is 245 g/mol. The standard InChI is InChI=1S/C14H15NO3/c1-10-9-11(14(16)17)4-5-13(10)15-7-6-12-3-2-8-18-12/h2-5,8-9,15H,6-7H2,1H3,(H,16,17). The highest BCUT2D eigenvalue weighted by atomic mass is 16.4. The number of benzene rings is 1. The lowest BCUT2D eigenvalue weighted by molar-refractivity contribution is 0.0697. The Balaban J connectivity index is 1.95. The first-order chi connectivity index (χ1) is 8.66. The van der Waals surface area contributed by atoms with Gasteiger partial charge < -0.3 is 14.8 Å². The van der Waals surface area contributed by atoms with Crippen LogP contribution in [0.4, 0.5) is 5.69 Å². The molecule has 2 aromatic rings. The Labute approximate surface area is 105 Å². The van der Waals surface area contributed by atoms with Gasteiger partial charge in [-0.3, -0.25) is 0 Å². The second-order valence-corrected chi connectivity index (χ2v) is 4.09. The number of aryl methyl sites for hydroxylation is 1. The second kappa shape index (κ2) is 5.40. The number of furan rings is 1. The summed E-state index contributed by atoms with van der Waals surface area (Å²) < 4.78 is 5.23. The molecule has 0 aliphatic heterocycles. The molecule has 2 rings (SSSR count). The van der Waals surface area contributed by atoms with Crippen LogP contribution in [0, 0.1) is 6.92 Å². The smallest absolute Gasteiger partial charge is 0.335 e. The summed E-state index contributed by atoms with van der Waals surface area (Å²) in [6.45, 7) is 2.64. The molecule has 0 saturated heterocycles. The second-order valence-electron chi connectivity index (χ2n) is 4.09. The Hall–Kier alpha value is -2.23. The van der Waals surface area contributed by atoms with Gasteiger partial charge in [0, 0.05) is 18.7 Å². The molecule has 0 aliphatic rings. The minimum atomic E-state index is -0.903. The van der Waals surface area contributed by atoms with Crippen LogP contribution >= 0.6 is 0 Å². The average Bonchev–Trinajstić information content (AvgIpc) is 2.84. The zero-order valence-corrected chi connectivity index (χ0v) is 10.1. The first kappa shape index (κ1) is 12.2. The van der Waals surface area contributed by atoms with E-state index in [9.17, 15) is 4.79 Å². The maximum Gasteiger partial charge on any atom is 0.335 e. The van der Waals surface area contributed by atoms with Crippen molar-refractivity contribution in [3.05, 3.63) is 53.5 Å². The van der Waals surface area contributed by atoms with Crippen LogP contribution in [0.5, 0.6) is 0 Å². The summed E-state index contributed by atoms with van der Waals surface area (Å²) in [5.74, 6) is 0.0301. The summed E-state index contributed by atoms with van der Waals surface area (Å²) in [7, 11) is 0. The lowest BCUT2D eigenvalue weighted by atomic mass is 10.1. The molecule has 0 radical (unpaired) electrons. The Kier molecular flexibility index (Phi) is 3.67. The highest BCUT2D eigenvalue weighted by Gasteiger charge is 2.05. The molecular formula is C14H15NO3. The molecule has 0 saturated carbocycles. The number of aromatic carboxylic acids is 1. The first-order valence-corrected chi connectivity index (χ1v) is 5.77. The summed E-state index contributed by atoms with van der Waals surface area (Å²) in [5, 5.41) is 12.1. The summed E-state index contributed by atoms with van der Waals surface area (Å²) in [5.41, 5.74) is 2.19. The van der Waals surface area contributed by atoms with Crippen molar-refractivity contribution in [2.75, 3.05) is 11.9 Å². The number of anilines is 1. The maximum atomic E-state index is 10.8. The normalized spacial score (nSPS) is 10.3. The van der Waals surface area contributed by atoms with E-state index in [0.717, 1.165) is 30.0 Å². The Bertz CT molecular complexity index is 532. The van der Waals surface area contributed by atoms with E-state index in [4.69, 9.17) is 9.52 Å². The van der Waals surface area contributed by atoms with E-state index in [0.29, 0.717) is 5.56 Å². The minimum absolute atomic E-state index is 0.309. The number of hydrogen-bond acceptors (Lipinski definition) is 3. The number of nitrogens with one attached hydrogen (secondary N) is 1. The zero-order valence-electron chi connectivity index (χ0n) is 10.1. The van der Waals surface area contributed by atoms with Crippen LogP contribution in [0.25, 0.3) is 0 Å². The lowest BCUT2D eigenvalue weighted by Crippen LogP contribution is -2.06. The van der Waals surface area contributed by atoms with Gasteiger partial charge in [0.05, 0.1) is 11.8 Å². The molecule has 0 fully saturated rings. The van der Waals surface area contributed by atoms with Gasteiger partial charge in [-0.15, -0.1) is 0 Å². The fourth-order valence-corrected chi connectivity index (χ4v) is 1.77. The number of carbonyl (C=O) groups is 1. The van der Waals surface area contributed by atoms with Crippen LogP contribution in [0.1, 0.15) is 21.7 Å². The van der Waals surface area contributed by atoms with Crippen LogP contribution in [0.15, 0.2) is 41.0 Å². The molecule has 0 atom stereocenters. The van der Waals surface area contributed by atoms with Crippen LogP contribution in [0.2, 0.25) is 0 Å². The quantitative estimate of drug-likeness (QED) is 0.850. The van der Waals surface area contributed by atoms with Gasteiger partial charge in [0.25, 0.3) is 0 Å². The largest absolute Gasteiger partial charge is 0.478 e. The van der Waals surface area contributed by atoms with E-state index in [1.807, 2.05) is 19.1 Å². The zero-order chi connectivity index (χ0) is 13.0. The molecule has 0 unspecified atom stereocenters. The number of carboxylic acids is 1. The van der Waals surface area contributed by atoms with Crippen molar-refractivity contribution < 1.29 is 14.3 Å². The molecule has 4 heteroatoms. The number of carboxylic acid groups (broad SMARTS) is 1. The molecule has 18 heavy (non-hydrogen) atoms. The Morgan fingerprint density at radius 3 is 2.83 bits per heavy atom. The van der Waals surface area contributed by atoms with Gasteiger partial charge in [-0.25, -0.2) is 4.79 Å². The summed E-state index contributed by atoms with van der Waals surface area (Å²) in [6, 6.07) is 8.85. The van der Waals surface area contributed by atoms with Gasteiger partial charge in [-0.1, -0.05) is 0 Å². The topological polar surface area (TPSA) is 62.5 Å². The van der Waals surface area contributed by atoms with E-state index in [-0.39, 0.29) is 0 Å². The van der Waals surface area contributed by atoms with Gasteiger partial charge in [0.2, 0.25) is 0 Å². The van der Waals surface area contributed by atoms with Crippen LogP contribution < -0.4 is 5.32 Å². The van der Waals surface area contributed by atoms with E-state index >= 15 is 0 Å². The molecule has 0 bridgehead atoms. The minimum Gasteiger partial charge on any atom is -0.478 e. The van der Waals surface area contributed by atoms with E-state index in [1.54, 1.807) is 24.5 Å². The van der Waals surface area contributed by atoms with Crippen molar-refractivity contribution in [2.24, 2.45) is 0 Å². The molecule has 1 aromatic heterocycles. The Morgan fingerprint density at radius 1 is 1.39 bits per heavy atom. The molecule has 0 amide bonds. The van der Waals surface area contributed by atoms with Gasteiger partial charge in [-0.2, -0.15) is 0 Å². The Morgan fingerprint density at radius 2 is 2.22 bits per heavy atom. The van der Waals surface area contributed by atoms with Crippen molar-refractivity contribution >= 4 is 11.7 Å². The first-order valence-electron chi connectivity index (χ1n) is 5.77. The molecule has 94 valence electrons. The van der Waals surface area contributed by atoms with E-state index in [1.165, 1.54) is 0 Å². The van der Waals surface area contributed by atoms with Crippen LogP contribution in [0.3, 0.4) is 0 Å². The van der Waals surface area contributed by atoms with E-state index in [2.05, 4.69) is 5.32 Å². The summed E-state index contributed by atoms with van der Waals surface area (Å²) in [4.78, 5) is 10.8. The van der Waals surface area contributed by atoms with Gasteiger partial charge in [0.1, 0.15) is 5.76 Å². The van der Waals surface area contributed by atoms with Crippen molar-refractivity contribution in [3.63, 3.8) is 0 Å². The maximum absolute atomic E-state index is 10.8. The van der Waals surface area contributed by atoms with Gasteiger partial charge >= 0.3 is 5.97 Å². The lowest BCUT2D eigenvalue weighted by Gasteiger charge is -2.09. The summed E-state index contributed by atoms with van der Waals surface area (Å²) >= 11 is 0. The van der Waals surface area contributed by atoms with Crippen LogP contribution in [-0.4, -0.2) is 17.6 Å². The number of rotatable bonds is 5. The monoisotopic (exact) mass is 245 g/mol. The summed E-state index contributed by atoms with van der Waals surface area (Å²) in [6.07, 6.45) is 2.45. The van der Waals surface area contributed by atoms with Crippen LogP contribution in [-0.2, 0) is 6.42 Å². The van der Waals surface area contributed by atoms with Gasteiger partial charge in [-0.05, 0) is 42.8 Å². The molecular weight excluding hydrogens is 230 g/mol. The predicted molar refractivity (Wildman–Crippen MR) is 69.0 cm³/mol. The SMILES string of the molecule is Cc1cc(C(=O)O)ccc1NCCc1ccco1. The molecule has 0 spiro atoms. The van der Waals surface area contributed by atoms with Crippen molar-refractivity contribution in [1.29, 1.82) is 0 Å². The fourth-order valence-electron chi connectivity index (χ4n) is 1.77. The third-order valence-corrected chi connectivity index (χ3v) is 2.74. The van der Waals surface area contributed by atoms with Crippen molar-refractivity contribution in [3.8, 4) is 0 Å². The molecule has 4 nitrogen and oxygen atoms in total. The molecule has 0 aliphatic carbocycles. The van der Waals surface area contributed by atoms with Crippen molar-refractivity contribution in [2.45, 2.75) is 13.3 Å². The van der Waals surface area contributed by atoms with E-state index < -0.39 is 5.97 Å². The molecule has 1 aromatic carbocycles. The highest BCUT2D eigenvalue weighted by molar-refractivity contribution is 5.88. The number of hydrogen-bond donors (Lipinski definition) is 2. The van der Waals surface area contributed by atoms with Crippen molar-refractivity contribution in [1.82, 2.24) is 0 Å². The fraction of sp³-hybridized carbons (Fsp3) is 0.214. The third kappa shape index (κ3) is 2.91. The molecule has 2 N–H and O–H groups in total. The molecule has 1 heterocycles. The predicted octanol–water partition coefficient (Wildman–Crippen LogP) is 2.94.